The fourth-order valence-corrected chi connectivity index (χ4v) is 5.64. The molecule has 0 fully saturated rings. The van der Waals surface area contributed by atoms with Crippen molar-refractivity contribution in [3.8, 4) is 22.9 Å². The van der Waals surface area contributed by atoms with E-state index in [1.165, 1.54) is 32.4 Å². The van der Waals surface area contributed by atoms with Gasteiger partial charge in [-0.3, -0.25) is 9.10 Å². The van der Waals surface area contributed by atoms with Crippen molar-refractivity contribution in [2.45, 2.75) is 25.3 Å². The predicted molar refractivity (Wildman–Crippen MR) is 152 cm³/mol. The fraction of sp³-hybridized carbons (Fsp3) is 0.241. The number of aromatic nitrogens is 2. The first-order valence-corrected chi connectivity index (χ1v) is 14.0. The number of carbonyl (C=O) groups excluding carboxylic acids is 1. The molecule has 0 unspecified atom stereocenters. The number of nitrogens with zero attached hydrogens (tertiary/aromatic N) is 3. The summed E-state index contributed by atoms with van der Waals surface area (Å²) >= 11 is 0. The topological polar surface area (TPSA) is 112 Å². The summed E-state index contributed by atoms with van der Waals surface area (Å²) in [4.78, 5) is 17.5. The summed E-state index contributed by atoms with van der Waals surface area (Å²) in [6, 6.07) is 18.5. The smallest absolute Gasteiger partial charge is 0.264 e. The highest BCUT2D eigenvalue weighted by Crippen LogP contribution is 2.32. The molecule has 0 saturated carbocycles. The molecule has 0 radical (unpaired) electrons. The molecular weight excluding hydrogens is 532 g/mol. The standard InChI is InChI=1S/C29H32N4O6S/c1-5-39-24-12-10-23(11-13-24)33(40(35,36)25-14-15-27(37-3)28(18-25)38-4)20-29(34)31-19-22-8-6-7-9-26(22)32-17-16-30-21(32)2/h6-18H,5,19-20H2,1-4H3,(H,31,34). The molecule has 0 saturated heterocycles. The van der Waals surface area contributed by atoms with Crippen LogP contribution in [0.2, 0.25) is 0 Å². The minimum absolute atomic E-state index is 0.0484. The van der Waals surface area contributed by atoms with Crippen LogP contribution in [-0.2, 0) is 21.4 Å². The molecule has 210 valence electrons. The van der Waals surface area contributed by atoms with Gasteiger partial charge in [0.2, 0.25) is 5.91 Å². The Hall–Kier alpha value is -4.51. The Kier molecular flexibility index (Phi) is 8.95. The van der Waals surface area contributed by atoms with Gasteiger partial charge in [-0.15, -0.1) is 0 Å². The molecule has 1 amide bonds. The number of hydrogen-bond donors (Lipinski definition) is 1. The maximum absolute atomic E-state index is 13.9. The first-order chi connectivity index (χ1) is 19.3. The van der Waals surface area contributed by atoms with E-state index in [-0.39, 0.29) is 17.2 Å². The third-order valence-corrected chi connectivity index (χ3v) is 7.99. The van der Waals surface area contributed by atoms with E-state index in [0.29, 0.717) is 23.8 Å². The summed E-state index contributed by atoms with van der Waals surface area (Å²) in [6.45, 7) is 3.97. The maximum Gasteiger partial charge on any atom is 0.264 e. The van der Waals surface area contributed by atoms with Crippen molar-refractivity contribution in [1.82, 2.24) is 14.9 Å². The largest absolute Gasteiger partial charge is 0.494 e. The average molecular weight is 565 g/mol. The van der Waals surface area contributed by atoms with Gasteiger partial charge in [0.05, 0.1) is 37.1 Å². The molecule has 10 nitrogen and oxygen atoms in total. The quantitative estimate of drug-likeness (QED) is 0.276. The molecule has 0 aliphatic heterocycles. The number of hydrogen-bond acceptors (Lipinski definition) is 7. The molecule has 40 heavy (non-hydrogen) atoms. The fourth-order valence-electron chi connectivity index (χ4n) is 4.20. The number of rotatable bonds is 12. The highest BCUT2D eigenvalue weighted by atomic mass is 32.2. The van der Waals surface area contributed by atoms with Gasteiger partial charge in [0.15, 0.2) is 11.5 Å². The van der Waals surface area contributed by atoms with E-state index in [1.807, 2.05) is 48.9 Å². The molecule has 4 aromatic rings. The van der Waals surface area contributed by atoms with Gasteiger partial charge in [-0.1, -0.05) is 18.2 Å². The summed E-state index contributed by atoms with van der Waals surface area (Å²) < 4.78 is 46.8. The second-order valence-corrected chi connectivity index (χ2v) is 10.6. The number of para-hydroxylation sites is 1. The molecule has 4 rings (SSSR count). The lowest BCUT2D eigenvalue weighted by Gasteiger charge is -2.25. The van der Waals surface area contributed by atoms with Gasteiger partial charge in [0.25, 0.3) is 10.0 Å². The van der Waals surface area contributed by atoms with Gasteiger partial charge in [0, 0.05) is 25.0 Å². The van der Waals surface area contributed by atoms with E-state index in [4.69, 9.17) is 14.2 Å². The van der Waals surface area contributed by atoms with Crippen molar-refractivity contribution in [2.75, 3.05) is 31.7 Å². The van der Waals surface area contributed by atoms with Gasteiger partial charge in [-0.2, -0.15) is 0 Å². The number of nitrogens with one attached hydrogen (secondary N) is 1. The minimum Gasteiger partial charge on any atom is -0.494 e. The second-order valence-electron chi connectivity index (χ2n) is 8.71. The molecule has 1 heterocycles. The maximum atomic E-state index is 13.9. The molecule has 1 N–H and O–H groups in total. The number of sulfonamides is 1. The molecule has 3 aromatic carbocycles. The normalized spacial score (nSPS) is 11.1. The van der Waals surface area contributed by atoms with Crippen LogP contribution in [0, 0.1) is 6.92 Å². The average Bonchev–Trinajstić information content (AvgIpc) is 3.40. The third-order valence-electron chi connectivity index (χ3n) is 6.22. The van der Waals surface area contributed by atoms with Gasteiger partial charge in [-0.05, 0) is 61.9 Å². The summed E-state index contributed by atoms with van der Waals surface area (Å²) in [6.07, 6.45) is 3.55. The van der Waals surface area contributed by atoms with E-state index < -0.39 is 22.5 Å². The van der Waals surface area contributed by atoms with Crippen molar-refractivity contribution >= 4 is 21.6 Å². The van der Waals surface area contributed by atoms with Crippen LogP contribution in [0.3, 0.4) is 0 Å². The molecular formula is C29H32N4O6S. The Morgan fingerprint density at radius 2 is 1.73 bits per heavy atom. The summed E-state index contributed by atoms with van der Waals surface area (Å²) in [5.74, 6) is 1.56. The summed E-state index contributed by atoms with van der Waals surface area (Å²) in [7, 11) is -1.29. The van der Waals surface area contributed by atoms with Crippen LogP contribution in [-0.4, -0.2) is 51.2 Å². The number of aryl methyl sites for hydroxylation is 1. The number of benzene rings is 3. The number of imidazole rings is 1. The van der Waals surface area contributed by atoms with Gasteiger partial charge < -0.3 is 24.1 Å². The number of ether oxygens (including phenoxy) is 3. The van der Waals surface area contributed by atoms with Gasteiger partial charge in [0.1, 0.15) is 18.1 Å². The molecule has 1 aromatic heterocycles. The van der Waals surface area contributed by atoms with E-state index in [0.717, 1.165) is 21.4 Å². The second kappa shape index (κ2) is 12.6. The minimum atomic E-state index is -4.18. The highest BCUT2D eigenvalue weighted by molar-refractivity contribution is 7.92. The molecule has 0 aliphatic carbocycles. The molecule has 0 atom stereocenters. The van der Waals surface area contributed by atoms with Crippen LogP contribution < -0.4 is 23.8 Å². The zero-order valence-electron chi connectivity index (χ0n) is 22.8. The van der Waals surface area contributed by atoms with Crippen molar-refractivity contribution in [3.63, 3.8) is 0 Å². The lowest BCUT2D eigenvalue weighted by atomic mass is 10.1. The Morgan fingerprint density at radius 1 is 1.00 bits per heavy atom. The molecule has 0 spiro atoms. The van der Waals surface area contributed by atoms with E-state index in [1.54, 1.807) is 30.5 Å². The number of anilines is 1. The number of carbonyl (C=O) groups is 1. The Labute approximate surface area is 234 Å². The van der Waals surface area contributed by atoms with Crippen molar-refractivity contribution < 1.29 is 27.4 Å². The third kappa shape index (κ3) is 6.20. The summed E-state index contributed by atoms with van der Waals surface area (Å²) in [5.41, 5.74) is 2.04. The number of amides is 1. The zero-order chi connectivity index (χ0) is 28.7. The highest BCUT2D eigenvalue weighted by Gasteiger charge is 2.28. The lowest BCUT2D eigenvalue weighted by Crippen LogP contribution is -2.40. The van der Waals surface area contributed by atoms with E-state index >= 15 is 0 Å². The summed E-state index contributed by atoms with van der Waals surface area (Å²) in [5, 5.41) is 2.87. The monoisotopic (exact) mass is 564 g/mol. The van der Waals surface area contributed by atoms with Crippen LogP contribution in [0.25, 0.3) is 5.69 Å². The Bertz CT molecular complexity index is 1570. The molecule has 0 aliphatic rings. The van der Waals surface area contributed by atoms with Crippen LogP contribution in [0.4, 0.5) is 5.69 Å². The van der Waals surface area contributed by atoms with Crippen molar-refractivity contribution in [3.05, 3.63) is 90.5 Å². The van der Waals surface area contributed by atoms with Gasteiger partial charge >= 0.3 is 0 Å². The van der Waals surface area contributed by atoms with Crippen LogP contribution >= 0.6 is 0 Å². The van der Waals surface area contributed by atoms with Crippen molar-refractivity contribution in [2.24, 2.45) is 0 Å². The van der Waals surface area contributed by atoms with E-state index in [2.05, 4.69) is 10.3 Å². The van der Waals surface area contributed by atoms with Crippen LogP contribution in [0.5, 0.6) is 17.2 Å². The Morgan fingerprint density at radius 3 is 2.38 bits per heavy atom. The van der Waals surface area contributed by atoms with Crippen molar-refractivity contribution in [1.29, 1.82) is 0 Å². The van der Waals surface area contributed by atoms with Crippen LogP contribution in [0.15, 0.2) is 84.0 Å². The Balaban J connectivity index is 1.62. The van der Waals surface area contributed by atoms with Gasteiger partial charge in [-0.25, -0.2) is 13.4 Å². The first-order valence-electron chi connectivity index (χ1n) is 12.6. The first kappa shape index (κ1) is 28.5. The molecule has 0 bridgehead atoms. The lowest BCUT2D eigenvalue weighted by molar-refractivity contribution is -0.119. The zero-order valence-corrected chi connectivity index (χ0v) is 23.6. The predicted octanol–water partition coefficient (Wildman–Crippen LogP) is 4.11. The van der Waals surface area contributed by atoms with E-state index in [9.17, 15) is 13.2 Å². The SMILES string of the molecule is CCOc1ccc(N(CC(=O)NCc2ccccc2-n2ccnc2C)S(=O)(=O)c2ccc(OC)c(OC)c2)cc1. The van der Waals surface area contributed by atoms with Crippen LogP contribution in [0.1, 0.15) is 18.3 Å². The molecule has 11 heteroatoms. The number of methoxy groups -OCH3 is 2.